The lowest BCUT2D eigenvalue weighted by atomic mass is 9.57. The summed E-state index contributed by atoms with van der Waals surface area (Å²) in [6.45, 7) is 9.75. The zero-order valence-corrected chi connectivity index (χ0v) is 14.4. The molecule has 0 aromatic heterocycles. The minimum Gasteiger partial charge on any atom is -0.464 e. The van der Waals surface area contributed by atoms with Gasteiger partial charge in [0.2, 0.25) is 5.91 Å². The van der Waals surface area contributed by atoms with E-state index in [0.29, 0.717) is 13.0 Å². The maximum atomic E-state index is 13.5. The number of carbonyl (C=O) groups excluding carboxylic acids is 2. The highest BCUT2D eigenvalue weighted by Crippen LogP contribution is 2.66. The van der Waals surface area contributed by atoms with E-state index in [9.17, 15) is 9.59 Å². The molecule has 1 saturated carbocycles. The number of rotatable bonds is 2. The standard InChI is InChI=1S/C18H29NO3/c1-5-13-8-6-7-11-19(13)14(20)18-10-9-17(4,16(18,2)3)12-22-15(18)21/h13H,5-12H2,1-4H3/t13-,17+,18+/m1/s1. The monoisotopic (exact) mass is 307 g/mol. The molecule has 1 amide bonds. The third-order valence-corrected chi connectivity index (χ3v) is 7.22. The Bertz CT molecular complexity index is 501. The Balaban J connectivity index is 2.00. The Morgan fingerprint density at radius 1 is 1.27 bits per heavy atom. The molecule has 0 aromatic carbocycles. The second kappa shape index (κ2) is 4.97. The molecule has 2 aliphatic heterocycles. The Hall–Kier alpha value is -1.06. The first-order chi connectivity index (χ1) is 10.3. The molecule has 1 aliphatic carbocycles. The van der Waals surface area contributed by atoms with E-state index >= 15 is 0 Å². The van der Waals surface area contributed by atoms with Crippen LogP contribution in [0.1, 0.15) is 66.2 Å². The SMILES string of the molecule is CC[C@@H]1CCCCN1C(=O)[C@@]12CC[C@@](C)(COC1=O)C2(C)C. The lowest BCUT2D eigenvalue weighted by Gasteiger charge is -2.52. The lowest BCUT2D eigenvalue weighted by Crippen LogP contribution is -2.62. The van der Waals surface area contributed by atoms with Crippen LogP contribution < -0.4 is 0 Å². The summed E-state index contributed by atoms with van der Waals surface area (Å²) >= 11 is 0. The fourth-order valence-corrected chi connectivity index (χ4v) is 4.96. The van der Waals surface area contributed by atoms with Crippen LogP contribution in [0.4, 0.5) is 0 Å². The van der Waals surface area contributed by atoms with Gasteiger partial charge in [0.15, 0.2) is 5.41 Å². The van der Waals surface area contributed by atoms with Crippen LogP contribution in [0.3, 0.4) is 0 Å². The van der Waals surface area contributed by atoms with E-state index < -0.39 is 5.41 Å². The fraction of sp³-hybridized carbons (Fsp3) is 0.889. The first-order valence-corrected chi connectivity index (χ1v) is 8.78. The van der Waals surface area contributed by atoms with Gasteiger partial charge in [-0.05, 0) is 43.9 Å². The smallest absolute Gasteiger partial charge is 0.322 e. The predicted molar refractivity (Wildman–Crippen MR) is 84.2 cm³/mol. The van der Waals surface area contributed by atoms with Crippen LogP contribution >= 0.6 is 0 Å². The van der Waals surface area contributed by atoms with Crippen LogP contribution in [0.25, 0.3) is 0 Å². The lowest BCUT2D eigenvalue weighted by molar-refractivity contribution is -0.194. The van der Waals surface area contributed by atoms with E-state index in [1.54, 1.807) is 0 Å². The zero-order chi connectivity index (χ0) is 16.2. The van der Waals surface area contributed by atoms with E-state index in [4.69, 9.17) is 4.74 Å². The van der Waals surface area contributed by atoms with Crippen molar-refractivity contribution >= 4 is 11.9 Å². The number of hydrogen-bond acceptors (Lipinski definition) is 3. The Labute approximate surface area is 133 Å². The van der Waals surface area contributed by atoms with Gasteiger partial charge in [-0.3, -0.25) is 9.59 Å². The van der Waals surface area contributed by atoms with Gasteiger partial charge in [-0.15, -0.1) is 0 Å². The molecule has 3 atom stereocenters. The van der Waals surface area contributed by atoms with Crippen molar-refractivity contribution < 1.29 is 14.3 Å². The molecule has 0 spiro atoms. The van der Waals surface area contributed by atoms with E-state index in [1.165, 1.54) is 6.42 Å². The number of esters is 1. The maximum Gasteiger partial charge on any atom is 0.322 e. The molecule has 0 N–H and O–H groups in total. The zero-order valence-electron chi connectivity index (χ0n) is 14.4. The molecule has 124 valence electrons. The van der Waals surface area contributed by atoms with Gasteiger partial charge in [0.05, 0.1) is 6.61 Å². The van der Waals surface area contributed by atoms with Crippen molar-refractivity contribution in [1.82, 2.24) is 4.90 Å². The molecule has 2 saturated heterocycles. The van der Waals surface area contributed by atoms with Crippen molar-refractivity contribution in [3.63, 3.8) is 0 Å². The van der Waals surface area contributed by atoms with Crippen molar-refractivity contribution in [3.05, 3.63) is 0 Å². The normalized spacial score (nSPS) is 40.5. The molecule has 4 nitrogen and oxygen atoms in total. The van der Waals surface area contributed by atoms with Gasteiger partial charge < -0.3 is 9.64 Å². The minimum atomic E-state index is -0.968. The highest BCUT2D eigenvalue weighted by Gasteiger charge is 2.72. The van der Waals surface area contributed by atoms with Crippen molar-refractivity contribution in [2.45, 2.75) is 72.3 Å². The summed E-state index contributed by atoms with van der Waals surface area (Å²) < 4.78 is 5.50. The molecule has 3 rings (SSSR count). The van der Waals surface area contributed by atoms with Gasteiger partial charge in [0.25, 0.3) is 0 Å². The summed E-state index contributed by atoms with van der Waals surface area (Å²) in [5.41, 5.74) is -1.40. The van der Waals surface area contributed by atoms with Gasteiger partial charge in [-0.1, -0.05) is 27.7 Å². The van der Waals surface area contributed by atoms with Gasteiger partial charge in [-0.25, -0.2) is 0 Å². The maximum absolute atomic E-state index is 13.5. The molecule has 0 aromatic rings. The molecular weight excluding hydrogens is 278 g/mol. The Kier molecular flexibility index (Phi) is 3.57. The number of piperidine rings is 1. The van der Waals surface area contributed by atoms with Crippen LogP contribution in [-0.2, 0) is 14.3 Å². The summed E-state index contributed by atoms with van der Waals surface area (Å²) in [5, 5.41) is 0. The Morgan fingerprint density at radius 3 is 2.68 bits per heavy atom. The first kappa shape index (κ1) is 15.8. The van der Waals surface area contributed by atoms with E-state index in [1.807, 2.05) is 4.90 Å². The number of ether oxygens (including phenoxy) is 1. The molecule has 4 heteroatoms. The summed E-state index contributed by atoms with van der Waals surface area (Å²) in [7, 11) is 0. The number of hydrogen-bond donors (Lipinski definition) is 0. The topological polar surface area (TPSA) is 46.6 Å². The molecule has 22 heavy (non-hydrogen) atoms. The quantitative estimate of drug-likeness (QED) is 0.581. The van der Waals surface area contributed by atoms with Crippen molar-refractivity contribution in [1.29, 1.82) is 0 Å². The number of nitrogens with zero attached hydrogens (tertiary/aromatic N) is 1. The molecule has 2 heterocycles. The number of cyclic esters (lactones) is 1. The number of carbonyl (C=O) groups is 2. The first-order valence-electron chi connectivity index (χ1n) is 8.78. The van der Waals surface area contributed by atoms with Crippen LogP contribution in [0.5, 0.6) is 0 Å². The molecule has 0 unspecified atom stereocenters. The molecule has 3 fully saturated rings. The summed E-state index contributed by atoms with van der Waals surface area (Å²) in [6.07, 6.45) is 5.79. The van der Waals surface area contributed by atoms with E-state index in [0.717, 1.165) is 32.2 Å². The largest absolute Gasteiger partial charge is 0.464 e. The molecule has 3 aliphatic rings. The number of fused-ring (bicyclic) bond motifs is 2. The number of amides is 1. The summed E-state index contributed by atoms with van der Waals surface area (Å²) in [4.78, 5) is 28.2. The van der Waals surface area contributed by atoms with Crippen molar-refractivity contribution in [2.75, 3.05) is 13.2 Å². The van der Waals surface area contributed by atoms with Crippen LogP contribution in [0.15, 0.2) is 0 Å². The van der Waals surface area contributed by atoms with E-state index in [2.05, 4.69) is 27.7 Å². The van der Waals surface area contributed by atoms with Crippen molar-refractivity contribution in [3.8, 4) is 0 Å². The van der Waals surface area contributed by atoms with Gasteiger partial charge in [0.1, 0.15) is 0 Å². The second-order valence-electron chi connectivity index (χ2n) is 8.22. The van der Waals surface area contributed by atoms with Gasteiger partial charge in [0, 0.05) is 18.0 Å². The number of likely N-dealkylation sites (tertiary alicyclic amines) is 1. The minimum absolute atomic E-state index is 0.0393. The average Bonchev–Trinajstić information content (AvgIpc) is 2.62. The third kappa shape index (κ3) is 1.75. The summed E-state index contributed by atoms with van der Waals surface area (Å²) in [6, 6.07) is 0.285. The van der Waals surface area contributed by atoms with Crippen molar-refractivity contribution in [2.24, 2.45) is 16.2 Å². The van der Waals surface area contributed by atoms with E-state index in [-0.39, 0.29) is 28.7 Å². The Morgan fingerprint density at radius 2 is 2.00 bits per heavy atom. The highest BCUT2D eigenvalue weighted by molar-refractivity contribution is 6.05. The highest BCUT2D eigenvalue weighted by atomic mass is 16.5. The van der Waals surface area contributed by atoms with Gasteiger partial charge >= 0.3 is 5.97 Å². The fourth-order valence-electron chi connectivity index (χ4n) is 4.96. The molecular formula is C18H29NO3. The summed E-state index contributed by atoms with van der Waals surface area (Å²) in [5.74, 6) is -0.240. The second-order valence-corrected chi connectivity index (χ2v) is 8.22. The predicted octanol–water partition coefficient (Wildman–Crippen LogP) is 3.15. The van der Waals surface area contributed by atoms with Gasteiger partial charge in [-0.2, -0.15) is 0 Å². The van der Waals surface area contributed by atoms with Crippen LogP contribution in [0, 0.1) is 16.2 Å². The molecule has 2 bridgehead atoms. The average molecular weight is 307 g/mol. The molecule has 0 radical (unpaired) electrons. The third-order valence-electron chi connectivity index (χ3n) is 7.22. The van der Waals surface area contributed by atoms with Crippen LogP contribution in [-0.4, -0.2) is 36.0 Å². The van der Waals surface area contributed by atoms with Crippen LogP contribution in [0.2, 0.25) is 0 Å².